The zero-order valence-corrected chi connectivity index (χ0v) is 44.8. The summed E-state index contributed by atoms with van der Waals surface area (Å²) in [6.45, 7) is 4.19. The predicted octanol–water partition coefficient (Wildman–Crippen LogP) is 18.6. The third-order valence-electron chi connectivity index (χ3n) is 13.6. The van der Waals surface area contributed by atoms with Crippen LogP contribution >= 0.6 is 0 Å². The summed E-state index contributed by atoms with van der Waals surface area (Å²) >= 11 is 0. The van der Waals surface area contributed by atoms with Gasteiger partial charge in [-0.15, -0.1) is 0 Å². The molecular weight excluding hydrogens is 823 g/mol. The first kappa shape index (κ1) is 65.0. The number of carbonyl (C=O) groups is 1. The minimum atomic E-state index is -1.11. The van der Waals surface area contributed by atoms with Gasteiger partial charge in [0.05, 0.1) is 18.8 Å². The van der Waals surface area contributed by atoms with Crippen molar-refractivity contribution in [3.05, 3.63) is 60.8 Å². The highest BCUT2D eigenvalue weighted by Crippen LogP contribution is 2.16. The second-order valence-electron chi connectivity index (χ2n) is 20.2. The monoisotopic (exact) mass is 938 g/mol. The number of aliphatic hydroxyl groups excluding tert-OH is 3. The van der Waals surface area contributed by atoms with Gasteiger partial charge in [0.15, 0.2) is 0 Å². The van der Waals surface area contributed by atoms with Crippen LogP contribution in [0, 0.1) is 0 Å². The Morgan fingerprint density at radius 2 is 0.657 bits per heavy atom. The third-order valence-corrected chi connectivity index (χ3v) is 13.6. The highest BCUT2D eigenvalue weighted by molar-refractivity contribution is 5.80. The Labute approximate surface area is 418 Å². The van der Waals surface area contributed by atoms with E-state index >= 15 is 0 Å². The number of unbranched alkanes of at least 4 members (excludes halogenated alkanes) is 38. The molecule has 392 valence electrons. The van der Waals surface area contributed by atoms with Gasteiger partial charge in [-0.25, -0.2) is 0 Å². The van der Waals surface area contributed by atoms with Gasteiger partial charge in [0, 0.05) is 0 Å². The summed E-state index contributed by atoms with van der Waals surface area (Å²) in [4.78, 5) is 12.6. The molecule has 5 nitrogen and oxygen atoms in total. The van der Waals surface area contributed by atoms with Crippen LogP contribution in [0.25, 0.3) is 0 Å². The Morgan fingerprint density at radius 1 is 0.373 bits per heavy atom. The lowest BCUT2D eigenvalue weighted by Gasteiger charge is -2.21. The molecule has 3 atom stereocenters. The highest BCUT2D eigenvalue weighted by Gasteiger charge is 2.22. The van der Waals surface area contributed by atoms with Gasteiger partial charge < -0.3 is 20.6 Å². The fourth-order valence-electron chi connectivity index (χ4n) is 8.96. The van der Waals surface area contributed by atoms with Crippen LogP contribution in [-0.4, -0.2) is 46.1 Å². The van der Waals surface area contributed by atoms with E-state index in [4.69, 9.17) is 0 Å². The molecule has 0 rings (SSSR count). The number of allylic oxidation sites excluding steroid dienone is 9. The molecule has 1 amide bonds. The molecule has 0 aliphatic rings. The smallest absolute Gasteiger partial charge is 0.249 e. The molecule has 0 fully saturated rings. The average Bonchev–Trinajstić information content (AvgIpc) is 3.33. The van der Waals surface area contributed by atoms with E-state index < -0.39 is 24.2 Å². The molecule has 0 bridgehead atoms. The van der Waals surface area contributed by atoms with E-state index in [1.165, 1.54) is 231 Å². The molecule has 3 unspecified atom stereocenters. The molecular formula is C62H115NO4. The van der Waals surface area contributed by atoms with Gasteiger partial charge in [-0.3, -0.25) is 4.79 Å². The number of carbonyl (C=O) groups excluding carboxylic acids is 1. The van der Waals surface area contributed by atoms with E-state index in [2.05, 4.69) is 67.8 Å². The summed E-state index contributed by atoms with van der Waals surface area (Å²) < 4.78 is 0. The number of nitrogens with one attached hydrogen (secondary N) is 1. The van der Waals surface area contributed by atoms with Gasteiger partial charge in [0.1, 0.15) is 6.10 Å². The minimum Gasteiger partial charge on any atom is -0.394 e. The van der Waals surface area contributed by atoms with Crippen molar-refractivity contribution in [2.45, 2.75) is 321 Å². The largest absolute Gasteiger partial charge is 0.394 e. The maximum Gasteiger partial charge on any atom is 0.249 e. The molecule has 0 saturated carbocycles. The van der Waals surface area contributed by atoms with E-state index in [0.717, 1.165) is 51.4 Å². The predicted molar refractivity (Wildman–Crippen MR) is 296 cm³/mol. The fourth-order valence-corrected chi connectivity index (χ4v) is 8.96. The summed E-state index contributed by atoms with van der Waals surface area (Å²) in [5.41, 5.74) is 0. The van der Waals surface area contributed by atoms with Gasteiger partial charge in [-0.1, -0.05) is 286 Å². The van der Waals surface area contributed by atoms with E-state index in [0.29, 0.717) is 6.42 Å². The Hall–Kier alpha value is -1.95. The van der Waals surface area contributed by atoms with Crippen molar-refractivity contribution in [1.82, 2.24) is 5.32 Å². The molecule has 0 aromatic heterocycles. The normalized spacial score (nSPS) is 13.7. The summed E-state index contributed by atoms with van der Waals surface area (Å²) in [6.07, 6.45) is 77.4. The molecule has 0 saturated heterocycles. The highest BCUT2D eigenvalue weighted by atomic mass is 16.3. The molecule has 0 aromatic carbocycles. The first-order valence-corrected chi connectivity index (χ1v) is 29.6. The lowest BCUT2D eigenvalue weighted by atomic mass is 10.0. The van der Waals surface area contributed by atoms with Crippen molar-refractivity contribution in [3.63, 3.8) is 0 Å². The van der Waals surface area contributed by atoms with Crippen LogP contribution in [0.15, 0.2) is 60.8 Å². The topological polar surface area (TPSA) is 89.8 Å². The first-order chi connectivity index (χ1) is 33.1. The number of hydrogen-bond acceptors (Lipinski definition) is 4. The molecule has 5 heteroatoms. The van der Waals surface area contributed by atoms with Crippen molar-refractivity contribution in [3.8, 4) is 0 Å². The van der Waals surface area contributed by atoms with E-state index in [-0.39, 0.29) is 6.61 Å². The Morgan fingerprint density at radius 3 is 1.00 bits per heavy atom. The number of hydrogen-bond donors (Lipinski definition) is 4. The molecule has 0 spiro atoms. The number of amides is 1. The first-order valence-electron chi connectivity index (χ1n) is 29.6. The average molecular weight is 939 g/mol. The molecule has 4 N–H and O–H groups in total. The molecule has 0 heterocycles. The maximum absolute atomic E-state index is 12.6. The van der Waals surface area contributed by atoms with Crippen molar-refractivity contribution in [2.24, 2.45) is 0 Å². The molecule has 0 aliphatic carbocycles. The summed E-state index contributed by atoms with van der Waals surface area (Å²) in [6, 6.07) is -0.825. The summed E-state index contributed by atoms with van der Waals surface area (Å²) in [5, 5.41) is 33.4. The van der Waals surface area contributed by atoms with Gasteiger partial charge in [0.25, 0.3) is 0 Å². The van der Waals surface area contributed by atoms with Crippen LogP contribution in [0.1, 0.15) is 303 Å². The van der Waals surface area contributed by atoms with Crippen LogP contribution in [-0.2, 0) is 4.79 Å². The zero-order chi connectivity index (χ0) is 48.6. The van der Waals surface area contributed by atoms with Crippen molar-refractivity contribution >= 4 is 5.91 Å². The Balaban J connectivity index is 3.64. The van der Waals surface area contributed by atoms with Crippen LogP contribution in [0.3, 0.4) is 0 Å². The maximum atomic E-state index is 12.6. The summed E-state index contributed by atoms with van der Waals surface area (Å²) in [7, 11) is 0. The quantitative estimate of drug-likeness (QED) is 0.0361. The van der Waals surface area contributed by atoms with Crippen LogP contribution in [0.4, 0.5) is 0 Å². The van der Waals surface area contributed by atoms with Crippen molar-refractivity contribution in [1.29, 1.82) is 0 Å². The van der Waals surface area contributed by atoms with Gasteiger partial charge in [0.2, 0.25) is 5.91 Å². The van der Waals surface area contributed by atoms with E-state index in [1.54, 1.807) is 6.08 Å². The molecule has 0 radical (unpaired) electrons. The Kier molecular flexibility index (Phi) is 55.0. The van der Waals surface area contributed by atoms with Gasteiger partial charge in [-0.05, 0) is 77.0 Å². The SMILES string of the molecule is CCCCCCCCCCC/C=C\C/C=C\CCCCCCCCCCCCCCC(O)C(=O)NC(CO)C(O)/C=C/CC/C=C/CC/C=C/CCCCCCCCCCCCCCCCC. The van der Waals surface area contributed by atoms with Crippen LogP contribution in [0.5, 0.6) is 0 Å². The molecule has 67 heavy (non-hydrogen) atoms. The molecule has 0 aliphatic heterocycles. The lowest BCUT2D eigenvalue weighted by Crippen LogP contribution is -2.48. The second kappa shape index (κ2) is 56.6. The second-order valence-corrected chi connectivity index (χ2v) is 20.2. The zero-order valence-electron chi connectivity index (χ0n) is 44.8. The van der Waals surface area contributed by atoms with E-state index in [9.17, 15) is 20.1 Å². The van der Waals surface area contributed by atoms with Crippen molar-refractivity contribution < 1.29 is 20.1 Å². The Bertz CT molecular complexity index is 1130. The standard InChI is InChI=1S/C62H115NO4/c1-3-5-7-9-11-13-15-17-19-21-23-25-27-29-30-31-33-35-37-39-41-43-45-47-49-51-53-55-57-61(66)62(67)63-59(58-64)60(65)56-54-52-50-48-46-44-42-40-38-36-34-32-28-26-24-22-20-18-16-14-12-10-8-6-4-2/h23,25,29-30,38,40,46,48,54,56,59-61,64-66H,3-22,24,26-28,31-37,39,41-45,47,49-53,55,57-58H2,1-2H3,(H,63,67)/b25-23-,30-29-,40-38+,48-46+,56-54+. The van der Waals surface area contributed by atoms with Crippen molar-refractivity contribution in [2.75, 3.05) is 6.61 Å². The summed E-state index contributed by atoms with van der Waals surface area (Å²) in [5.74, 6) is -0.516. The molecule has 0 aromatic rings. The third kappa shape index (κ3) is 51.7. The van der Waals surface area contributed by atoms with Crippen LogP contribution < -0.4 is 5.32 Å². The lowest BCUT2D eigenvalue weighted by molar-refractivity contribution is -0.131. The number of aliphatic hydroxyl groups is 3. The number of rotatable bonds is 54. The van der Waals surface area contributed by atoms with Crippen LogP contribution in [0.2, 0.25) is 0 Å². The van der Waals surface area contributed by atoms with Gasteiger partial charge >= 0.3 is 0 Å². The fraction of sp³-hybridized carbons (Fsp3) is 0.823. The van der Waals surface area contributed by atoms with E-state index in [1.807, 2.05) is 6.08 Å². The minimum absolute atomic E-state index is 0.383. The van der Waals surface area contributed by atoms with Gasteiger partial charge in [-0.2, -0.15) is 0 Å².